The van der Waals surface area contributed by atoms with Crippen molar-refractivity contribution in [3.05, 3.63) is 46.3 Å². The molecule has 0 spiro atoms. The fraction of sp³-hybridized carbons (Fsp3) is 0.412. The van der Waals surface area contributed by atoms with E-state index < -0.39 is 0 Å². The Balaban J connectivity index is 2.09. The van der Waals surface area contributed by atoms with Gasteiger partial charge in [0.2, 0.25) is 0 Å². The zero-order valence-electron chi connectivity index (χ0n) is 13.7. The van der Waals surface area contributed by atoms with Gasteiger partial charge in [-0.25, -0.2) is 4.99 Å². The van der Waals surface area contributed by atoms with Crippen LogP contribution in [-0.4, -0.2) is 11.1 Å². The molecule has 0 amide bonds. The number of nitrogens with one attached hydrogen (secondary N) is 1. The molecule has 0 aliphatic carbocycles. The van der Waals surface area contributed by atoms with Crippen molar-refractivity contribution in [1.82, 2.24) is 5.16 Å². The van der Waals surface area contributed by atoms with Gasteiger partial charge in [-0.2, -0.15) is 0 Å². The Kier molecular flexibility index (Phi) is 5.20. The fourth-order valence-electron chi connectivity index (χ4n) is 2.29. The smallest absolute Gasteiger partial charge is 0.193 e. The van der Waals surface area contributed by atoms with E-state index in [2.05, 4.69) is 48.4 Å². The van der Waals surface area contributed by atoms with E-state index in [0.29, 0.717) is 12.5 Å². The van der Waals surface area contributed by atoms with Crippen LogP contribution in [0.1, 0.15) is 42.0 Å². The molecule has 5 nitrogen and oxygen atoms in total. The largest absolute Gasteiger partial charge is 0.370 e. The number of aryl methyl sites for hydroxylation is 4. The summed E-state index contributed by atoms with van der Waals surface area (Å²) in [7, 11) is 0. The topological polar surface area (TPSA) is 76.4 Å². The highest BCUT2D eigenvalue weighted by Crippen LogP contribution is 2.17. The third-order valence-corrected chi connectivity index (χ3v) is 3.79. The normalized spacial score (nSPS) is 11.7. The van der Waals surface area contributed by atoms with Crippen LogP contribution < -0.4 is 11.1 Å². The van der Waals surface area contributed by atoms with E-state index in [1.54, 1.807) is 0 Å². The Morgan fingerprint density at radius 1 is 1.23 bits per heavy atom. The van der Waals surface area contributed by atoms with Gasteiger partial charge >= 0.3 is 0 Å². The van der Waals surface area contributed by atoms with Crippen molar-refractivity contribution in [3.8, 4) is 0 Å². The third-order valence-electron chi connectivity index (χ3n) is 3.79. The summed E-state index contributed by atoms with van der Waals surface area (Å²) in [5, 5.41) is 7.21. The van der Waals surface area contributed by atoms with Crippen molar-refractivity contribution in [2.24, 2.45) is 10.7 Å². The van der Waals surface area contributed by atoms with Gasteiger partial charge in [-0.15, -0.1) is 0 Å². The lowest BCUT2D eigenvalue weighted by molar-refractivity contribution is 0.380. The lowest BCUT2D eigenvalue weighted by Gasteiger charge is -2.08. The summed E-state index contributed by atoms with van der Waals surface area (Å²) in [5.74, 6) is 1.29. The summed E-state index contributed by atoms with van der Waals surface area (Å²) in [6.07, 6.45) is 1.64. The molecule has 0 saturated heterocycles. The lowest BCUT2D eigenvalue weighted by atomic mass is 10.1. The number of nitrogens with two attached hydrogens (primary N) is 1. The summed E-state index contributed by atoms with van der Waals surface area (Å²) >= 11 is 0. The van der Waals surface area contributed by atoms with Crippen molar-refractivity contribution in [3.63, 3.8) is 0 Å². The molecule has 0 radical (unpaired) electrons. The van der Waals surface area contributed by atoms with E-state index in [-0.39, 0.29) is 0 Å². The molecular formula is C17H24N4O. The molecule has 3 N–H and O–H groups in total. The molecule has 0 aliphatic heterocycles. The van der Waals surface area contributed by atoms with Crippen LogP contribution in [0.25, 0.3) is 0 Å². The maximum atomic E-state index is 5.98. The second-order valence-corrected chi connectivity index (χ2v) is 5.36. The number of rotatable bonds is 5. The van der Waals surface area contributed by atoms with Gasteiger partial charge < -0.3 is 15.6 Å². The molecule has 0 aliphatic rings. The summed E-state index contributed by atoms with van der Waals surface area (Å²) in [5.41, 5.74) is 11.4. The van der Waals surface area contributed by atoms with Crippen molar-refractivity contribution >= 4 is 11.6 Å². The van der Waals surface area contributed by atoms with Gasteiger partial charge in [0.05, 0.1) is 12.2 Å². The minimum absolute atomic E-state index is 0.397. The van der Waals surface area contributed by atoms with Gasteiger partial charge in [0.25, 0.3) is 0 Å². The minimum atomic E-state index is 0.397. The average Bonchev–Trinajstić information content (AvgIpc) is 2.91. The Hall–Kier alpha value is -2.30. The van der Waals surface area contributed by atoms with Crippen molar-refractivity contribution in [2.45, 2.75) is 47.1 Å². The van der Waals surface area contributed by atoms with Crippen molar-refractivity contribution in [1.29, 1.82) is 0 Å². The first-order chi connectivity index (χ1) is 10.5. The van der Waals surface area contributed by atoms with Crippen LogP contribution in [-0.2, 0) is 19.4 Å². The SMILES string of the molecule is CCc1noc(CC)c1CN=C(N)Nc1ccc(C)c(C)c1. The van der Waals surface area contributed by atoms with Gasteiger partial charge in [-0.05, 0) is 43.5 Å². The van der Waals surface area contributed by atoms with Crippen molar-refractivity contribution in [2.75, 3.05) is 5.32 Å². The molecule has 0 fully saturated rings. The van der Waals surface area contributed by atoms with E-state index >= 15 is 0 Å². The predicted molar refractivity (Wildman–Crippen MR) is 90.1 cm³/mol. The molecule has 1 heterocycles. The van der Waals surface area contributed by atoms with Crippen LogP contribution in [0.5, 0.6) is 0 Å². The van der Waals surface area contributed by atoms with E-state index in [1.165, 1.54) is 11.1 Å². The number of hydrogen-bond acceptors (Lipinski definition) is 3. The zero-order valence-corrected chi connectivity index (χ0v) is 13.7. The Labute approximate surface area is 131 Å². The first kappa shape index (κ1) is 16.1. The maximum absolute atomic E-state index is 5.98. The van der Waals surface area contributed by atoms with Crippen LogP contribution in [0.4, 0.5) is 5.69 Å². The number of guanidine groups is 1. The highest BCUT2D eigenvalue weighted by Gasteiger charge is 2.12. The van der Waals surface area contributed by atoms with Crippen molar-refractivity contribution < 1.29 is 4.52 Å². The molecule has 5 heteroatoms. The van der Waals surface area contributed by atoms with E-state index in [9.17, 15) is 0 Å². The highest BCUT2D eigenvalue weighted by molar-refractivity contribution is 5.92. The van der Waals surface area contributed by atoms with Crippen LogP contribution >= 0.6 is 0 Å². The summed E-state index contributed by atoms with van der Waals surface area (Å²) in [6, 6.07) is 6.13. The van der Waals surface area contributed by atoms with Gasteiger partial charge in [0.15, 0.2) is 5.96 Å². The number of benzene rings is 1. The van der Waals surface area contributed by atoms with E-state index in [1.807, 2.05) is 13.0 Å². The molecule has 2 aromatic rings. The Bertz CT molecular complexity index is 652. The fourth-order valence-corrected chi connectivity index (χ4v) is 2.29. The second kappa shape index (κ2) is 7.11. The Morgan fingerprint density at radius 2 is 2.00 bits per heavy atom. The first-order valence-corrected chi connectivity index (χ1v) is 7.65. The maximum Gasteiger partial charge on any atom is 0.193 e. The summed E-state index contributed by atoms with van der Waals surface area (Å²) in [4.78, 5) is 4.41. The van der Waals surface area contributed by atoms with Crippen LogP contribution in [0.3, 0.4) is 0 Å². The molecular weight excluding hydrogens is 276 g/mol. The first-order valence-electron chi connectivity index (χ1n) is 7.65. The summed E-state index contributed by atoms with van der Waals surface area (Å²) < 4.78 is 5.33. The summed E-state index contributed by atoms with van der Waals surface area (Å²) in [6.45, 7) is 8.75. The lowest BCUT2D eigenvalue weighted by Crippen LogP contribution is -2.22. The van der Waals surface area contributed by atoms with Gasteiger partial charge in [-0.3, -0.25) is 0 Å². The molecule has 0 saturated carbocycles. The van der Waals surface area contributed by atoms with E-state index in [0.717, 1.165) is 35.5 Å². The Morgan fingerprint density at radius 3 is 2.64 bits per heavy atom. The molecule has 0 unspecified atom stereocenters. The molecule has 118 valence electrons. The quantitative estimate of drug-likeness (QED) is 0.656. The van der Waals surface area contributed by atoms with Crippen LogP contribution in [0, 0.1) is 13.8 Å². The molecule has 22 heavy (non-hydrogen) atoms. The van der Waals surface area contributed by atoms with Crippen LogP contribution in [0.2, 0.25) is 0 Å². The number of aliphatic imine (C=N–C) groups is 1. The van der Waals surface area contributed by atoms with E-state index in [4.69, 9.17) is 10.3 Å². The predicted octanol–water partition coefficient (Wildman–Crippen LogP) is 3.34. The van der Waals surface area contributed by atoms with Crippen LogP contribution in [0.15, 0.2) is 27.7 Å². The molecule has 0 atom stereocenters. The third kappa shape index (κ3) is 3.67. The minimum Gasteiger partial charge on any atom is -0.370 e. The van der Waals surface area contributed by atoms with Gasteiger partial charge in [0.1, 0.15) is 5.76 Å². The molecule has 0 bridgehead atoms. The molecule has 2 rings (SSSR count). The molecule has 1 aromatic carbocycles. The van der Waals surface area contributed by atoms with Gasteiger partial charge in [-0.1, -0.05) is 25.1 Å². The molecule has 1 aromatic heterocycles. The second-order valence-electron chi connectivity index (χ2n) is 5.36. The zero-order chi connectivity index (χ0) is 16.1. The highest BCUT2D eigenvalue weighted by atomic mass is 16.5. The standard InChI is InChI=1S/C17H24N4O/c1-5-15-14(16(6-2)22-21-15)10-19-17(18)20-13-8-7-11(3)12(4)9-13/h7-9H,5-6,10H2,1-4H3,(H3,18,19,20). The number of hydrogen-bond donors (Lipinski definition) is 2. The number of nitrogens with zero attached hydrogens (tertiary/aromatic N) is 2. The number of anilines is 1. The van der Waals surface area contributed by atoms with Gasteiger partial charge in [0, 0.05) is 17.7 Å². The monoisotopic (exact) mass is 300 g/mol. The number of aromatic nitrogens is 1. The average molecular weight is 300 g/mol.